The fourth-order valence-corrected chi connectivity index (χ4v) is 2.13. The highest BCUT2D eigenvalue weighted by Crippen LogP contribution is 2.31. The lowest BCUT2D eigenvalue weighted by molar-refractivity contribution is -0.131. The molecule has 0 aromatic carbocycles. The molecule has 0 spiro atoms. The molecule has 0 atom stereocenters. The molecule has 5 heteroatoms. The van der Waals surface area contributed by atoms with Crippen LogP contribution in [0, 0.1) is 5.92 Å². The van der Waals surface area contributed by atoms with Crippen molar-refractivity contribution in [1.29, 1.82) is 0 Å². The molecule has 0 amide bonds. The van der Waals surface area contributed by atoms with Gasteiger partial charge in [-0.05, 0) is 36.5 Å². The zero-order valence-corrected chi connectivity index (χ0v) is 10.9. The number of hydrogen-bond acceptors (Lipinski definition) is 3. The number of carboxylic acid groups (broad SMARTS) is 1. The van der Waals surface area contributed by atoms with Gasteiger partial charge in [-0.3, -0.25) is 9.67 Å². The van der Waals surface area contributed by atoms with Crippen molar-refractivity contribution in [1.82, 2.24) is 14.8 Å². The van der Waals surface area contributed by atoms with Crippen molar-refractivity contribution in [2.75, 3.05) is 0 Å². The van der Waals surface area contributed by atoms with Crippen LogP contribution >= 0.6 is 0 Å². The third kappa shape index (κ3) is 2.93. The van der Waals surface area contributed by atoms with Crippen LogP contribution in [0.15, 0.2) is 36.9 Å². The van der Waals surface area contributed by atoms with Crippen molar-refractivity contribution < 1.29 is 9.90 Å². The normalized spacial score (nSPS) is 14.8. The highest BCUT2D eigenvalue weighted by molar-refractivity contribution is 5.87. The number of carbonyl (C=O) groups is 1. The number of pyridine rings is 1. The van der Waals surface area contributed by atoms with Crippen molar-refractivity contribution in [2.45, 2.75) is 19.4 Å². The summed E-state index contributed by atoms with van der Waals surface area (Å²) in [7, 11) is 0. The van der Waals surface area contributed by atoms with Crippen molar-refractivity contribution >= 4 is 12.0 Å². The van der Waals surface area contributed by atoms with Gasteiger partial charge in [0.25, 0.3) is 0 Å². The van der Waals surface area contributed by atoms with E-state index >= 15 is 0 Å². The lowest BCUT2D eigenvalue weighted by Gasteiger charge is -2.02. The molecule has 20 heavy (non-hydrogen) atoms. The summed E-state index contributed by atoms with van der Waals surface area (Å²) in [6, 6.07) is 1.88. The van der Waals surface area contributed by atoms with Gasteiger partial charge >= 0.3 is 5.97 Å². The van der Waals surface area contributed by atoms with E-state index in [4.69, 9.17) is 5.11 Å². The molecule has 1 saturated carbocycles. The van der Waals surface area contributed by atoms with Crippen LogP contribution in [0.4, 0.5) is 0 Å². The Morgan fingerprint density at radius 3 is 3.05 bits per heavy atom. The second kappa shape index (κ2) is 5.28. The zero-order valence-electron chi connectivity index (χ0n) is 10.9. The first-order chi connectivity index (χ1) is 9.72. The Morgan fingerprint density at radius 1 is 1.45 bits per heavy atom. The molecule has 2 aromatic rings. The average Bonchev–Trinajstić information content (AvgIpc) is 3.13. The second-order valence-electron chi connectivity index (χ2n) is 5.03. The summed E-state index contributed by atoms with van der Waals surface area (Å²) in [4.78, 5) is 14.7. The van der Waals surface area contributed by atoms with Gasteiger partial charge in [-0.1, -0.05) is 0 Å². The third-order valence-corrected chi connectivity index (χ3v) is 3.34. The Kier molecular flexibility index (Phi) is 3.33. The maximum absolute atomic E-state index is 10.6. The Balaban J connectivity index is 1.88. The largest absolute Gasteiger partial charge is 0.478 e. The van der Waals surface area contributed by atoms with E-state index in [2.05, 4.69) is 10.1 Å². The Labute approximate surface area is 116 Å². The molecule has 3 rings (SSSR count). The lowest BCUT2D eigenvalue weighted by atomic mass is 10.1. The van der Waals surface area contributed by atoms with Gasteiger partial charge in [0, 0.05) is 42.3 Å². The highest BCUT2D eigenvalue weighted by Gasteiger charge is 2.22. The van der Waals surface area contributed by atoms with E-state index < -0.39 is 5.97 Å². The standard InChI is InChI=1S/C15H15N3O2/c19-15(20)4-3-12-7-16-6-5-14(12)13-8-17-18(10-13)9-11-1-2-11/h3-8,10-11H,1-2,9H2,(H,19,20)/b4-3+. The summed E-state index contributed by atoms with van der Waals surface area (Å²) in [5.74, 6) is -0.198. The van der Waals surface area contributed by atoms with Gasteiger partial charge in [0.05, 0.1) is 6.20 Å². The van der Waals surface area contributed by atoms with Gasteiger partial charge in [0.2, 0.25) is 0 Å². The molecule has 5 nitrogen and oxygen atoms in total. The molecule has 0 radical (unpaired) electrons. The Bertz CT molecular complexity index is 657. The smallest absolute Gasteiger partial charge is 0.328 e. The van der Waals surface area contributed by atoms with Gasteiger partial charge in [-0.25, -0.2) is 4.79 Å². The van der Waals surface area contributed by atoms with E-state index in [1.54, 1.807) is 18.5 Å². The summed E-state index contributed by atoms with van der Waals surface area (Å²) in [6.45, 7) is 0.964. The van der Waals surface area contributed by atoms with Crippen LogP contribution in [0.3, 0.4) is 0 Å². The highest BCUT2D eigenvalue weighted by atomic mass is 16.4. The van der Waals surface area contributed by atoms with Crippen molar-refractivity contribution in [3.05, 3.63) is 42.5 Å². The molecule has 1 fully saturated rings. The van der Waals surface area contributed by atoms with Crippen LogP contribution in [0.5, 0.6) is 0 Å². The van der Waals surface area contributed by atoms with E-state index in [1.807, 2.05) is 23.1 Å². The fourth-order valence-electron chi connectivity index (χ4n) is 2.13. The summed E-state index contributed by atoms with van der Waals surface area (Å²) in [6.07, 6.45) is 12.4. The van der Waals surface area contributed by atoms with Crippen molar-refractivity contribution in [3.8, 4) is 11.1 Å². The minimum absolute atomic E-state index is 0.770. The molecular formula is C15H15N3O2. The van der Waals surface area contributed by atoms with Crippen LogP contribution in [0.1, 0.15) is 18.4 Å². The summed E-state index contributed by atoms with van der Waals surface area (Å²) >= 11 is 0. The number of rotatable bonds is 5. The summed E-state index contributed by atoms with van der Waals surface area (Å²) in [5.41, 5.74) is 2.71. The van der Waals surface area contributed by atoms with Gasteiger partial charge < -0.3 is 5.11 Å². The molecule has 2 heterocycles. The van der Waals surface area contributed by atoms with Crippen molar-refractivity contribution in [3.63, 3.8) is 0 Å². The van der Waals surface area contributed by atoms with Gasteiger partial charge in [0.1, 0.15) is 0 Å². The van der Waals surface area contributed by atoms with E-state index in [-0.39, 0.29) is 0 Å². The molecule has 0 bridgehead atoms. The molecule has 1 aliphatic carbocycles. The third-order valence-electron chi connectivity index (χ3n) is 3.34. The van der Waals surface area contributed by atoms with Gasteiger partial charge in [-0.15, -0.1) is 0 Å². The predicted octanol–water partition coefficient (Wildman–Crippen LogP) is 2.45. The summed E-state index contributed by atoms with van der Waals surface area (Å²) in [5, 5.41) is 13.1. The molecule has 2 aromatic heterocycles. The molecule has 0 unspecified atom stereocenters. The molecule has 0 saturated heterocycles. The molecule has 0 aliphatic heterocycles. The number of carboxylic acids is 1. The fraction of sp³-hybridized carbons (Fsp3) is 0.267. The zero-order chi connectivity index (χ0) is 13.9. The van der Waals surface area contributed by atoms with E-state index in [0.717, 1.165) is 35.2 Å². The first-order valence-electron chi connectivity index (χ1n) is 6.60. The Morgan fingerprint density at radius 2 is 2.30 bits per heavy atom. The average molecular weight is 269 g/mol. The topological polar surface area (TPSA) is 68.0 Å². The van der Waals surface area contributed by atoms with E-state index in [9.17, 15) is 4.79 Å². The van der Waals surface area contributed by atoms with Gasteiger partial charge in [-0.2, -0.15) is 5.10 Å². The quantitative estimate of drug-likeness (QED) is 0.846. The maximum Gasteiger partial charge on any atom is 0.328 e. The van der Waals surface area contributed by atoms with Crippen molar-refractivity contribution in [2.24, 2.45) is 5.92 Å². The molecule has 1 aliphatic rings. The van der Waals surface area contributed by atoms with Crippen LogP contribution < -0.4 is 0 Å². The number of aliphatic carboxylic acids is 1. The number of hydrogen-bond donors (Lipinski definition) is 1. The van der Waals surface area contributed by atoms with E-state index in [1.165, 1.54) is 12.8 Å². The summed E-state index contributed by atoms with van der Waals surface area (Å²) < 4.78 is 1.96. The van der Waals surface area contributed by atoms with Crippen LogP contribution in [0.2, 0.25) is 0 Å². The Hall–Kier alpha value is -2.43. The van der Waals surface area contributed by atoms with Crippen LogP contribution in [-0.4, -0.2) is 25.8 Å². The number of aromatic nitrogens is 3. The monoisotopic (exact) mass is 269 g/mol. The SMILES string of the molecule is O=C(O)/C=C/c1cnccc1-c1cnn(CC2CC2)c1. The maximum atomic E-state index is 10.6. The van der Waals surface area contributed by atoms with Gasteiger partial charge in [0.15, 0.2) is 0 Å². The molecular weight excluding hydrogens is 254 g/mol. The minimum Gasteiger partial charge on any atom is -0.478 e. The van der Waals surface area contributed by atoms with E-state index in [0.29, 0.717) is 0 Å². The second-order valence-corrected chi connectivity index (χ2v) is 5.03. The van der Waals surface area contributed by atoms with Crippen LogP contribution in [0.25, 0.3) is 17.2 Å². The first kappa shape index (κ1) is 12.6. The van der Waals surface area contributed by atoms with Crippen LogP contribution in [-0.2, 0) is 11.3 Å². The minimum atomic E-state index is -0.968. The lowest BCUT2D eigenvalue weighted by Crippen LogP contribution is -1.99. The molecule has 102 valence electrons. The predicted molar refractivity (Wildman–Crippen MR) is 74.9 cm³/mol. The molecule has 1 N–H and O–H groups in total. The number of nitrogens with zero attached hydrogens (tertiary/aromatic N) is 3. The first-order valence-corrected chi connectivity index (χ1v) is 6.60.